The number of rotatable bonds is 5. The van der Waals surface area contributed by atoms with Gasteiger partial charge in [0.15, 0.2) is 5.82 Å². The van der Waals surface area contributed by atoms with E-state index < -0.39 is 28.9 Å². The molecule has 0 radical (unpaired) electrons. The van der Waals surface area contributed by atoms with Gasteiger partial charge in [0.1, 0.15) is 34.6 Å². The number of carbonyl (C=O) groups is 1. The van der Waals surface area contributed by atoms with E-state index in [9.17, 15) is 14.9 Å². The normalized spacial score (nSPS) is 16.9. The predicted molar refractivity (Wildman–Crippen MR) is 157 cm³/mol. The molecular formula is C30H29F2N5O5S. The molecule has 1 amide bonds. The van der Waals surface area contributed by atoms with Gasteiger partial charge in [-0.3, -0.25) is 15.1 Å². The van der Waals surface area contributed by atoms with Crippen LogP contribution in [0.25, 0.3) is 32.1 Å². The van der Waals surface area contributed by atoms with Crippen LogP contribution in [-0.2, 0) is 22.7 Å². The quantitative estimate of drug-likeness (QED) is 0.290. The van der Waals surface area contributed by atoms with Crippen molar-refractivity contribution >= 4 is 43.4 Å². The Hall–Kier alpha value is -4.12. The van der Waals surface area contributed by atoms with E-state index in [0.717, 1.165) is 30.7 Å². The molecule has 1 atom stereocenters. The number of halogens is 2. The molecule has 43 heavy (non-hydrogen) atoms. The van der Waals surface area contributed by atoms with Crippen LogP contribution in [0.3, 0.4) is 0 Å². The van der Waals surface area contributed by atoms with Crippen LogP contribution in [-0.4, -0.2) is 52.8 Å². The molecule has 0 bridgehead atoms. The highest BCUT2D eigenvalue weighted by Gasteiger charge is 2.31. The van der Waals surface area contributed by atoms with Crippen LogP contribution in [0.2, 0.25) is 0 Å². The first-order chi connectivity index (χ1) is 20.5. The van der Waals surface area contributed by atoms with E-state index in [1.807, 2.05) is 13.1 Å². The summed E-state index contributed by atoms with van der Waals surface area (Å²) < 4.78 is 48.6. The third-order valence-corrected chi connectivity index (χ3v) is 8.77. The molecule has 10 nitrogen and oxygen atoms in total. The van der Waals surface area contributed by atoms with Gasteiger partial charge in [-0.15, -0.1) is 11.3 Å². The number of hydrogen-bond donors (Lipinski definition) is 2. The minimum atomic E-state index is -0.821. The van der Waals surface area contributed by atoms with Crippen molar-refractivity contribution in [2.45, 2.75) is 58.5 Å². The highest BCUT2D eigenvalue weighted by atomic mass is 32.1. The van der Waals surface area contributed by atoms with Gasteiger partial charge in [-0.25, -0.2) is 13.6 Å². The van der Waals surface area contributed by atoms with Gasteiger partial charge in [0.2, 0.25) is 0 Å². The monoisotopic (exact) mass is 609 g/mol. The number of ether oxygens (including phenoxy) is 3. The second-order valence-corrected chi connectivity index (χ2v) is 12.7. The molecule has 4 aromatic rings. The Labute approximate surface area is 249 Å². The minimum absolute atomic E-state index is 0.00283. The fourth-order valence-electron chi connectivity index (χ4n) is 5.70. The number of aromatic amines is 1. The Morgan fingerprint density at radius 3 is 2.74 bits per heavy atom. The summed E-state index contributed by atoms with van der Waals surface area (Å²) >= 11 is 0.847. The lowest BCUT2D eigenvalue weighted by Gasteiger charge is -2.19. The lowest BCUT2D eigenvalue weighted by Crippen LogP contribution is -2.31. The van der Waals surface area contributed by atoms with Gasteiger partial charge in [-0.2, -0.15) is 10.2 Å². The van der Waals surface area contributed by atoms with Crippen molar-refractivity contribution in [2.24, 2.45) is 0 Å². The second-order valence-electron chi connectivity index (χ2n) is 11.7. The molecular weight excluding hydrogens is 580 g/mol. The zero-order valence-electron chi connectivity index (χ0n) is 24.0. The SMILES string of the molecule is CN1CCC[C@H]1COc1nc2c(F)c(-c3ccc(F)c4sc(NC(=O)OC(C)(C)C)c(C#N)c34)c3c(c2c(=O)[nH]1)COC3. The zero-order chi connectivity index (χ0) is 30.6. The summed E-state index contributed by atoms with van der Waals surface area (Å²) in [6.07, 6.45) is 1.15. The first-order valence-corrected chi connectivity index (χ1v) is 14.6. The van der Waals surface area contributed by atoms with Crippen molar-refractivity contribution in [2.75, 3.05) is 25.5 Å². The molecule has 4 heterocycles. The molecule has 0 spiro atoms. The average Bonchev–Trinajstić information content (AvgIpc) is 3.66. The van der Waals surface area contributed by atoms with Gasteiger partial charge in [-0.1, -0.05) is 6.07 Å². The van der Waals surface area contributed by atoms with Crippen LogP contribution < -0.4 is 15.6 Å². The third-order valence-electron chi connectivity index (χ3n) is 7.66. The van der Waals surface area contributed by atoms with E-state index in [-0.39, 0.29) is 74.6 Å². The number of amides is 1. The van der Waals surface area contributed by atoms with Crippen molar-refractivity contribution < 1.29 is 27.8 Å². The van der Waals surface area contributed by atoms with Crippen LogP contribution in [0.1, 0.15) is 50.3 Å². The third kappa shape index (κ3) is 5.20. The molecule has 2 aliphatic rings. The fraction of sp³-hybridized carbons (Fsp3) is 0.400. The number of hydrogen-bond acceptors (Lipinski definition) is 9. The number of carbonyl (C=O) groups excluding carboxylic acids is 1. The van der Waals surface area contributed by atoms with Crippen molar-refractivity contribution in [3.05, 3.63) is 50.8 Å². The molecule has 0 saturated carbocycles. The van der Waals surface area contributed by atoms with Gasteiger partial charge in [0.05, 0.1) is 28.9 Å². The second kappa shape index (κ2) is 10.9. The Morgan fingerprint density at radius 2 is 2.05 bits per heavy atom. The Balaban J connectivity index is 1.52. The summed E-state index contributed by atoms with van der Waals surface area (Å²) in [4.78, 5) is 34.9. The highest BCUT2D eigenvalue weighted by Crippen LogP contribution is 2.46. The van der Waals surface area contributed by atoms with Crippen LogP contribution in [0.4, 0.5) is 18.6 Å². The number of fused-ring (bicyclic) bond motifs is 4. The Kier molecular flexibility index (Phi) is 7.32. The number of benzene rings is 2. The van der Waals surface area contributed by atoms with Crippen molar-refractivity contribution in [1.82, 2.24) is 14.9 Å². The maximum Gasteiger partial charge on any atom is 0.412 e. The van der Waals surface area contributed by atoms with E-state index in [4.69, 9.17) is 14.2 Å². The van der Waals surface area contributed by atoms with Crippen LogP contribution >= 0.6 is 11.3 Å². The molecule has 6 rings (SSSR count). The molecule has 2 aromatic heterocycles. The molecule has 224 valence electrons. The molecule has 0 unspecified atom stereocenters. The van der Waals surface area contributed by atoms with Crippen molar-refractivity contribution in [3.8, 4) is 23.2 Å². The molecule has 1 saturated heterocycles. The number of aromatic nitrogens is 2. The minimum Gasteiger partial charge on any atom is -0.463 e. The highest BCUT2D eigenvalue weighted by molar-refractivity contribution is 7.23. The average molecular weight is 610 g/mol. The maximum atomic E-state index is 16.6. The van der Waals surface area contributed by atoms with Crippen molar-refractivity contribution in [1.29, 1.82) is 5.26 Å². The number of nitrogens with one attached hydrogen (secondary N) is 2. The number of likely N-dealkylation sites (N-methyl/N-ethyl adjacent to an activating group) is 1. The standard InChI is InChI=1S/C30H29F2N5O5S/c1-30(2,3)42-29(39)36-27-16(10-33)21-15(7-8-19(31)25(21)43-27)20-17-12-40-13-18(17)22-24(23(20)32)34-28(35-26(22)38)41-11-14-6-5-9-37(14)4/h7-8,14H,5-6,9,11-13H2,1-4H3,(H,36,39)(H,34,35,38)/t14-/m0/s1. The number of nitriles is 1. The topological polar surface area (TPSA) is 130 Å². The molecule has 13 heteroatoms. The molecule has 2 aliphatic heterocycles. The summed E-state index contributed by atoms with van der Waals surface area (Å²) in [6.45, 7) is 6.32. The number of likely N-dealkylation sites (tertiary alicyclic amines) is 1. The molecule has 2 aromatic carbocycles. The van der Waals surface area contributed by atoms with Gasteiger partial charge in [-0.05, 0) is 70.0 Å². The van der Waals surface area contributed by atoms with Gasteiger partial charge >= 0.3 is 6.09 Å². The van der Waals surface area contributed by atoms with Crippen molar-refractivity contribution in [3.63, 3.8) is 0 Å². The van der Waals surface area contributed by atoms with Crippen LogP contribution in [0.5, 0.6) is 6.01 Å². The number of thiophene rings is 1. The summed E-state index contributed by atoms with van der Waals surface area (Å²) in [5, 5.41) is 12.9. The van der Waals surface area contributed by atoms with Gasteiger partial charge in [0.25, 0.3) is 11.6 Å². The lowest BCUT2D eigenvalue weighted by molar-refractivity contribution is 0.0636. The van der Waals surface area contributed by atoms with Gasteiger partial charge < -0.3 is 19.1 Å². The van der Waals surface area contributed by atoms with E-state index in [0.29, 0.717) is 11.1 Å². The Bertz CT molecular complexity index is 1890. The fourth-order valence-corrected chi connectivity index (χ4v) is 6.77. The van der Waals surface area contributed by atoms with E-state index in [1.165, 1.54) is 12.1 Å². The van der Waals surface area contributed by atoms with E-state index >= 15 is 8.78 Å². The predicted octanol–water partition coefficient (Wildman–Crippen LogP) is 5.80. The summed E-state index contributed by atoms with van der Waals surface area (Å²) in [6, 6.07) is 4.64. The Morgan fingerprint density at radius 1 is 1.28 bits per heavy atom. The first-order valence-electron chi connectivity index (χ1n) is 13.8. The molecule has 0 aliphatic carbocycles. The zero-order valence-corrected chi connectivity index (χ0v) is 24.8. The lowest BCUT2D eigenvalue weighted by atomic mass is 9.90. The van der Waals surface area contributed by atoms with Crippen LogP contribution in [0, 0.1) is 23.0 Å². The summed E-state index contributed by atoms with van der Waals surface area (Å²) in [5.41, 5.74) is -0.509. The number of H-pyrrole nitrogens is 1. The van der Waals surface area contributed by atoms with Crippen LogP contribution in [0.15, 0.2) is 16.9 Å². The van der Waals surface area contributed by atoms with Gasteiger partial charge in [0, 0.05) is 17.0 Å². The number of nitrogens with zero attached hydrogens (tertiary/aromatic N) is 3. The largest absolute Gasteiger partial charge is 0.463 e. The maximum absolute atomic E-state index is 16.6. The number of anilines is 1. The smallest absolute Gasteiger partial charge is 0.412 e. The summed E-state index contributed by atoms with van der Waals surface area (Å²) in [7, 11) is 1.99. The van der Waals surface area contributed by atoms with E-state index in [1.54, 1.807) is 20.8 Å². The molecule has 1 fully saturated rings. The first kappa shape index (κ1) is 29.0. The van der Waals surface area contributed by atoms with E-state index in [2.05, 4.69) is 20.2 Å². The molecule has 2 N–H and O–H groups in total. The summed E-state index contributed by atoms with van der Waals surface area (Å²) in [5.74, 6) is -1.47.